The first kappa shape index (κ1) is 25.2. The molecule has 1 aromatic carbocycles. The van der Waals surface area contributed by atoms with E-state index in [4.69, 9.17) is 31.0 Å². The number of hydrogen-bond donors (Lipinski definition) is 0. The topological polar surface area (TPSA) is 65.3 Å². The number of benzene rings is 1. The van der Waals surface area contributed by atoms with Gasteiger partial charge in [0.2, 0.25) is 11.8 Å². The van der Waals surface area contributed by atoms with Gasteiger partial charge in [0.1, 0.15) is 18.2 Å². The van der Waals surface area contributed by atoms with Crippen molar-refractivity contribution < 1.29 is 13.9 Å². The van der Waals surface area contributed by atoms with Crippen LogP contribution in [0.2, 0.25) is 5.02 Å². The molecule has 37 heavy (non-hydrogen) atoms. The molecule has 0 unspecified atom stereocenters. The van der Waals surface area contributed by atoms with Gasteiger partial charge >= 0.3 is 0 Å². The summed E-state index contributed by atoms with van der Waals surface area (Å²) in [5.74, 6) is 1.94. The molecule has 0 amide bonds. The first-order valence-electron chi connectivity index (χ1n) is 12.2. The largest absolute Gasteiger partial charge is 0.479 e. The third-order valence-corrected chi connectivity index (χ3v) is 7.09. The number of fused-ring (bicyclic) bond motifs is 1. The van der Waals surface area contributed by atoms with Crippen LogP contribution in [0.3, 0.4) is 0 Å². The van der Waals surface area contributed by atoms with Crippen LogP contribution < -0.4 is 9.47 Å². The molecule has 4 heterocycles. The summed E-state index contributed by atoms with van der Waals surface area (Å²) in [7, 11) is 3.63. The first-order chi connectivity index (χ1) is 17.9. The SMILES string of the molecule is C=Cc1cc2c(nc(CN3CCC(c4cccc(OCc5ccc(Cl)cc5F)n4)CC3)n2C)c(OC)n1. The molecule has 1 saturated heterocycles. The molecule has 0 N–H and O–H groups in total. The summed E-state index contributed by atoms with van der Waals surface area (Å²) in [6, 6.07) is 12.3. The number of aryl methyl sites for hydroxylation is 1. The number of rotatable bonds is 8. The number of imidazole rings is 1. The fraction of sp³-hybridized carbons (Fsp3) is 0.321. The van der Waals surface area contributed by atoms with E-state index in [1.165, 1.54) is 6.07 Å². The van der Waals surface area contributed by atoms with E-state index < -0.39 is 0 Å². The van der Waals surface area contributed by atoms with E-state index in [1.54, 1.807) is 31.4 Å². The molecule has 1 aliphatic heterocycles. The Morgan fingerprint density at radius 3 is 2.68 bits per heavy atom. The highest BCUT2D eigenvalue weighted by molar-refractivity contribution is 6.30. The second-order valence-corrected chi connectivity index (χ2v) is 9.63. The zero-order valence-electron chi connectivity index (χ0n) is 21.0. The highest BCUT2D eigenvalue weighted by Gasteiger charge is 2.24. The highest BCUT2D eigenvalue weighted by Crippen LogP contribution is 2.30. The molecular formula is C28H29ClFN5O2. The molecule has 0 aliphatic carbocycles. The zero-order valence-corrected chi connectivity index (χ0v) is 21.7. The van der Waals surface area contributed by atoms with Crippen molar-refractivity contribution in [3.8, 4) is 11.8 Å². The van der Waals surface area contributed by atoms with Crippen molar-refractivity contribution in [2.24, 2.45) is 7.05 Å². The van der Waals surface area contributed by atoms with Gasteiger partial charge in [0.25, 0.3) is 0 Å². The van der Waals surface area contributed by atoms with Gasteiger partial charge in [0.15, 0.2) is 5.52 Å². The molecule has 0 spiro atoms. The number of nitrogens with zero attached hydrogens (tertiary/aromatic N) is 5. The number of piperidine rings is 1. The normalized spacial score (nSPS) is 14.7. The number of halogens is 2. The zero-order chi connectivity index (χ0) is 25.9. The third-order valence-electron chi connectivity index (χ3n) is 6.86. The predicted octanol–water partition coefficient (Wildman–Crippen LogP) is 5.77. The maximum absolute atomic E-state index is 14.1. The van der Waals surface area contributed by atoms with Gasteiger partial charge in [0, 0.05) is 35.3 Å². The van der Waals surface area contributed by atoms with E-state index in [1.807, 2.05) is 25.2 Å². The summed E-state index contributed by atoms with van der Waals surface area (Å²) in [5.41, 5.74) is 3.95. The summed E-state index contributed by atoms with van der Waals surface area (Å²) >= 11 is 5.83. The standard InChI is InChI=1S/C28H29ClFN5O2/c1-4-21-15-24-27(28(31-21)36-3)33-25(34(24)2)16-35-12-10-18(11-13-35)23-6-5-7-26(32-23)37-17-19-8-9-20(29)14-22(19)30/h4-9,14-15,18H,1,10-13,16-17H2,2-3H3. The molecule has 1 fully saturated rings. The van der Waals surface area contributed by atoms with Crippen molar-refractivity contribution in [1.82, 2.24) is 24.4 Å². The van der Waals surface area contributed by atoms with E-state index >= 15 is 0 Å². The number of pyridine rings is 2. The first-order valence-corrected chi connectivity index (χ1v) is 12.6. The molecule has 1 aliphatic rings. The van der Waals surface area contributed by atoms with Gasteiger partial charge in [-0.05, 0) is 56.3 Å². The predicted molar refractivity (Wildman–Crippen MR) is 142 cm³/mol. The van der Waals surface area contributed by atoms with E-state index in [-0.39, 0.29) is 12.4 Å². The monoisotopic (exact) mass is 521 g/mol. The lowest BCUT2D eigenvalue weighted by Gasteiger charge is -2.31. The molecule has 0 saturated carbocycles. The summed E-state index contributed by atoms with van der Waals surface area (Å²) in [6.07, 6.45) is 3.68. The summed E-state index contributed by atoms with van der Waals surface area (Å²) in [4.78, 5) is 16.4. The van der Waals surface area contributed by atoms with Crippen LogP contribution in [0.4, 0.5) is 4.39 Å². The maximum Gasteiger partial charge on any atom is 0.242 e. The van der Waals surface area contributed by atoms with E-state index in [0.29, 0.717) is 28.3 Å². The minimum Gasteiger partial charge on any atom is -0.479 e. The molecule has 3 aromatic heterocycles. The van der Waals surface area contributed by atoms with Gasteiger partial charge in [-0.25, -0.2) is 19.3 Å². The van der Waals surface area contributed by atoms with Gasteiger partial charge in [0.05, 0.1) is 24.9 Å². The van der Waals surface area contributed by atoms with E-state index in [0.717, 1.165) is 60.7 Å². The lowest BCUT2D eigenvalue weighted by molar-refractivity contribution is 0.197. The molecule has 0 bridgehead atoms. The van der Waals surface area contributed by atoms with Crippen molar-refractivity contribution in [2.75, 3.05) is 20.2 Å². The number of likely N-dealkylation sites (tertiary alicyclic amines) is 1. The average molecular weight is 522 g/mol. The lowest BCUT2D eigenvalue weighted by Crippen LogP contribution is -2.33. The van der Waals surface area contributed by atoms with Gasteiger partial charge in [-0.3, -0.25) is 4.90 Å². The van der Waals surface area contributed by atoms with Crippen LogP contribution in [0.1, 0.15) is 41.5 Å². The third kappa shape index (κ3) is 5.45. The van der Waals surface area contributed by atoms with Crippen LogP contribution >= 0.6 is 11.6 Å². The summed E-state index contributed by atoms with van der Waals surface area (Å²) in [5, 5.41) is 0.363. The van der Waals surface area contributed by atoms with Gasteiger partial charge in [-0.2, -0.15) is 0 Å². The molecule has 0 radical (unpaired) electrons. The Balaban J connectivity index is 1.22. The summed E-state index contributed by atoms with van der Waals surface area (Å²) < 4.78 is 27.4. The second kappa shape index (κ2) is 10.9. The van der Waals surface area contributed by atoms with Crippen molar-refractivity contribution in [3.63, 3.8) is 0 Å². The summed E-state index contributed by atoms with van der Waals surface area (Å²) in [6.45, 7) is 6.54. The Kier molecular flexibility index (Phi) is 7.39. The van der Waals surface area contributed by atoms with Crippen molar-refractivity contribution >= 4 is 28.7 Å². The smallest absolute Gasteiger partial charge is 0.242 e. The van der Waals surface area contributed by atoms with Crippen LogP contribution in [-0.4, -0.2) is 44.6 Å². The Labute approximate surface area is 220 Å². The van der Waals surface area contributed by atoms with Crippen LogP contribution in [0.25, 0.3) is 17.1 Å². The highest BCUT2D eigenvalue weighted by atomic mass is 35.5. The number of aromatic nitrogens is 4. The maximum atomic E-state index is 14.1. The second-order valence-electron chi connectivity index (χ2n) is 9.19. The minimum atomic E-state index is -0.382. The Morgan fingerprint density at radius 1 is 1.14 bits per heavy atom. The van der Waals surface area contributed by atoms with Crippen LogP contribution in [0.15, 0.2) is 49.0 Å². The quantitative estimate of drug-likeness (QED) is 0.293. The Bertz CT molecular complexity index is 1430. The van der Waals surface area contributed by atoms with Crippen LogP contribution in [-0.2, 0) is 20.2 Å². The van der Waals surface area contributed by atoms with Gasteiger partial charge < -0.3 is 14.0 Å². The Hall–Kier alpha value is -3.49. The van der Waals surface area contributed by atoms with Gasteiger partial charge in [-0.15, -0.1) is 0 Å². The molecule has 192 valence electrons. The van der Waals surface area contributed by atoms with E-state index in [9.17, 15) is 4.39 Å². The van der Waals surface area contributed by atoms with Crippen molar-refractivity contribution in [3.05, 3.63) is 82.7 Å². The van der Waals surface area contributed by atoms with E-state index in [2.05, 4.69) is 21.0 Å². The fourth-order valence-electron chi connectivity index (χ4n) is 4.73. The number of hydrogen-bond acceptors (Lipinski definition) is 6. The van der Waals surface area contributed by atoms with Crippen molar-refractivity contribution in [1.29, 1.82) is 0 Å². The average Bonchev–Trinajstić information content (AvgIpc) is 3.23. The molecule has 9 heteroatoms. The molecular weight excluding hydrogens is 493 g/mol. The lowest BCUT2D eigenvalue weighted by atomic mass is 9.93. The number of ether oxygens (including phenoxy) is 2. The van der Waals surface area contributed by atoms with Gasteiger partial charge in [-0.1, -0.05) is 30.3 Å². The molecule has 5 rings (SSSR count). The molecule has 7 nitrogen and oxygen atoms in total. The molecule has 4 aromatic rings. The van der Waals surface area contributed by atoms with Crippen LogP contribution in [0, 0.1) is 5.82 Å². The van der Waals surface area contributed by atoms with Crippen LogP contribution in [0.5, 0.6) is 11.8 Å². The van der Waals surface area contributed by atoms with Crippen molar-refractivity contribution in [2.45, 2.75) is 31.9 Å². The minimum absolute atomic E-state index is 0.102. The molecule has 0 atom stereocenters. The fourth-order valence-corrected chi connectivity index (χ4v) is 4.89. The number of methoxy groups -OCH3 is 1. The Morgan fingerprint density at radius 2 is 1.95 bits per heavy atom.